The van der Waals surface area contributed by atoms with Crippen molar-refractivity contribution in [3.63, 3.8) is 0 Å². The standard InChI is InChI=1S/C22H21N3O4S2/c1-27-15-6-7-17-14(10-20(26)29-18(17)11-15)13-31-22-24-23-21(19-5-3-9-30-19)25(22)12-16-4-2-8-28-16/h3,5-7,9-11,16H,2,4,8,12-13H2,1H3. The molecule has 1 aliphatic rings. The van der Waals surface area contributed by atoms with Gasteiger partial charge in [0.05, 0.1) is 24.6 Å². The largest absolute Gasteiger partial charge is 0.497 e. The van der Waals surface area contributed by atoms with Crippen molar-refractivity contribution < 1.29 is 13.9 Å². The van der Waals surface area contributed by atoms with Crippen molar-refractivity contribution in [3.05, 3.63) is 57.8 Å². The number of fused-ring (bicyclic) bond motifs is 1. The molecular weight excluding hydrogens is 434 g/mol. The van der Waals surface area contributed by atoms with Gasteiger partial charge in [-0.05, 0) is 42.0 Å². The molecule has 4 aromatic rings. The van der Waals surface area contributed by atoms with E-state index in [9.17, 15) is 4.79 Å². The predicted molar refractivity (Wildman–Crippen MR) is 121 cm³/mol. The predicted octanol–water partition coefficient (Wildman–Crippen LogP) is 4.59. The quantitative estimate of drug-likeness (QED) is 0.298. The molecule has 4 heterocycles. The first-order valence-corrected chi connectivity index (χ1v) is 11.9. The van der Waals surface area contributed by atoms with Crippen molar-refractivity contribution in [2.75, 3.05) is 13.7 Å². The molecule has 3 aromatic heterocycles. The van der Waals surface area contributed by atoms with E-state index in [4.69, 9.17) is 13.9 Å². The molecule has 0 N–H and O–H groups in total. The lowest BCUT2D eigenvalue weighted by Gasteiger charge is -2.14. The molecule has 1 saturated heterocycles. The zero-order valence-electron chi connectivity index (χ0n) is 16.9. The highest BCUT2D eigenvalue weighted by Crippen LogP contribution is 2.32. The van der Waals surface area contributed by atoms with E-state index in [0.717, 1.165) is 52.8 Å². The van der Waals surface area contributed by atoms with Gasteiger partial charge in [-0.2, -0.15) is 0 Å². The highest BCUT2D eigenvalue weighted by atomic mass is 32.2. The number of methoxy groups -OCH3 is 1. The zero-order chi connectivity index (χ0) is 21.2. The lowest BCUT2D eigenvalue weighted by atomic mass is 10.1. The van der Waals surface area contributed by atoms with E-state index in [-0.39, 0.29) is 11.7 Å². The Hall–Kier alpha value is -2.62. The molecule has 160 valence electrons. The van der Waals surface area contributed by atoms with Crippen LogP contribution in [-0.4, -0.2) is 34.6 Å². The third-order valence-corrected chi connectivity index (χ3v) is 7.14. The molecule has 1 atom stereocenters. The lowest BCUT2D eigenvalue weighted by Crippen LogP contribution is -2.16. The van der Waals surface area contributed by atoms with Gasteiger partial charge in [0.1, 0.15) is 11.3 Å². The summed E-state index contributed by atoms with van der Waals surface area (Å²) in [5, 5.41) is 12.7. The Morgan fingerprint density at radius 2 is 2.23 bits per heavy atom. The Morgan fingerprint density at radius 3 is 3.00 bits per heavy atom. The number of benzene rings is 1. The van der Waals surface area contributed by atoms with Crippen LogP contribution in [0.1, 0.15) is 18.4 Å². The minimum atomic E-state index is -0.378. The summed E-state index contributed by atoms with van der Waals surface area (Å²) in [6.45, 7) is 1.52. The Morgan fingerprint density at radius 1 is 1.29 bits per heavy atom. The summed E-state index contributed by atoms with van der Waals surface area (Å²) in [6.07, 6.45) is 2.29. The fourth-order valence-electron chi connectivity index (χ4n) is 3.74. The molecular formula is C22H21N3O4S2. The van der Waals surface area contributed by atoms with Crippen LogP contribution in [0.5, 0.6) is 5.75 Å². The van der Waals surface area contributed by atoms with Crippen molar-refractivity contribution in [1.29, 1.82) is 0 Å². The van der Waals surface area contributed by atoms with Crippen LogP contribution in [0.3, 0.4) is 0 Å². The summed E-state index contributed by atoms with van der Waals surface area (Å²) < 4.78 is 18.6. The second-order valence-electron chi connectivity index (χ2n) is 7.27. The number of nitrogens with zero attached hydrogens (tertiary/aromatic N) is 3. The van der Waals surface area contributed by atoms with Crippen molar-refractivity contribution >= 4 is 34.1 Å². The van der Waals surface area contributed by atoms with E-state index in [1.807, 2.05) is 23.6 Å². The molecule has 0 saturated carbocycles. The van der Waals surface area contributed by atoms with Gasteiger partial charge >= 0.3 is 5.63 Å². The maximum Gasteiger partial charge on any atom is 0.336 e. The van der Waals surface area contributed by atoms with E-state index in [1.54, 1.807) is 42.3 Å². The average molecular weight is 456 g/mol. The molecule has 1 aromatic carbocycles. The molecule has 0 spiro atoms. The van der Waals surface area contributed by atoms with Crippen LogP contribution >= 0.6 is 23.1 Å². The summed E-state index contributed by atoms with van der Waals surface area (Å²) in [7, 11) is 1.59. The van der Waals surface area contributed by atoms with Crippen LogP contribution in [0.2, 0.25) is 0 Å². The number of hydrogen-bond acceptors (Lipinski definition) is 8. The van der Waals surface area contributed by atoms with Crippen LogP contribution < -0.4 is 10.4 Å². The van der Waals surface area contributed by atoms with Gasteiger partial charge in [-0.25, -0.2) is 4.79 Å². The third-order valence-electron chi connectivity index (χ3n) is 5.26. The number of thioether (sulfide) groups is 1. The molecule has 0 radical (unpaired) electrons. The van der Waals surface area contributed by atoms with Crippen LogP contribution in [0.25, 0.3) is 21.7 Å². The van der Waals surface area contributed by atoms with E-state index < -0.39 is 0 Å². The molecule has 7 nitrogen and oxygen atoms in total. The second kappa shape index (κ2) is 8.86. The number of hydrogen-bond donors (Lipinski definition) is 0. The molecule has 0 bridgehead atoms. The molecule has 1 unspecified atom stereocenters. The topological polar surface area (TPSA) is 79.4 Å². The first-order chi connectivity index (χ1) is 15.2. The van der Waals surface area contributed by atoms with Gasteiger partial charge in [0.2, 0.25) is 0 Å². The van der Waals surface area contributed by atoms with Crippen LogP contribution in [0, 0.1) is 0 Å². The van der Waals surface area contributed by atoms with E-state index >= 15 is 0 Å². The summed E-state index contributed by atoms with van der Waals surface area (Å²) in [5.41, 5.74) is 1.03. The molecule has 9 heteroatoms. The van der Waals surface area contributed by atoms with Crippen LogP contribution in [0.15, 0.2) is 56.1 Å². The minimum Gasteiger partial charge on any atom is -0.497 e. The van der Waals surface area contributed by atoms with Gasteiger partial charge < -0.3 is 13.9 Å². The van der Waals surface area contributed by atoms with Gasteiger partial charge in [0.15, 0.2) is 11.0 Å². The number of rotatable bonds is 7. The van der Waals surface area contributed by atoms with E-state index in [0.29, 0.717) is 17.1 Å². The van der Waals surface area contributed by atoms with Crippen LogP contribution in [-0.2, 0) is 17.0 Å². The van der Waals surface area contributed by atoms with Crippen molar-refractivity contribution in [3.8, 4) is 16.5 Å². The lowest BCUT2D eigenvalue weighted by molar-refractivity contribution is 0.0953. The first kappa shape index (κ1) is 20.3. The Bertz CT molecular complexity index is 1240. The Balaban J connectivity index is 1.46. The van der Waals surface area contributed by atoms with E-state index in [2.05, 4.69) is 20.8 Å². The molecule has 5 rings (SSSR count). The average Bonchev–Trinajstić information content (AvgIpc) is 3.54. The molecule has 0 amide bonds. The number of thiophene rings is 1. The van der Waals surface area contributed by atoms with Gasteiger partial charge in [-0.1, -0.05) is 17.8 Å². The van der Waals surface area contributed by atoms with Crippen LogP contribution in [0.4, 0.5) is 0 Å². The number of aromatic nitrogens is 3. The summed E-state index contributed by atoms with van der Waals surface area (Å²) in [4.78, 5) is 13.2. The van der Waals surface area contributed by atoms with Crippen molar-refractivity contribution in [2.45, 2.75) is 36.4 Å². The normalized spacial score (nSPS) is 16.2. The van der Waals surface area contributed by atoms with Crippen molar-refractivity contribution in [1.82, 2.24) is 14.8 Å². The van der Waals surface area contributed by atoms with Gasteiger partial charge in [-0.15, -0.1) is 21.5 Å². The van der Waals surface area contributed by atoms with Gasteiger partial charge in [-0.3, -0.25) is 4.57 Å². The molecule has 0 aliphatic carbocycles. The SMILES string of the molecule is COc1ccc2c(CSc3nnc(-c4cccs4)n3CC3CCCO3)cc(=O)oc2c1. The zero-order valence-corrected chi connectivity index (χ0v) is 18.6. The van der Waals surface area contributed by atoms with E-state index in [1.165, 1.54) is 0 Å². The maximum atomic E-state index is 12.1. The monoisotopic (exact) mass is 455 g/mol. The van der Waals surface area contributed by atoms with Gasteiger partial charge in [0.25, 0.3) is 0 Å². The fraction of sp³-hybridized carbons (Fsp3) is 0.318. The third kappa shape index (κ3) is 4.26. The Labute approximate surface area is 187 Å². The fourth-order valence-corrected chi connectivity index (χ4v) is 5.40. The highest BCUT2D eigenvalue weighted by Gasteiger charge is 2.22. The van der Waals surface area contributed by atoms with Gasteiger partial charge in [0, 0.05) is 29.9 Å². The Kier molecular flexibility index (Phi) is 5.80. The summed E-state index contributed by atoms with van der Waals surface area (Å²) in [5.74, 6) is 2.08. The second-order valence-corrected chi connectivity index (χ2v) is 9.16. The molecule has 31 heavy (non-hydrogen) atoms. The molecule has 1 aliphatic heterocycles. The number of ether oxygens (including phenoxy) is 2. The highest BCUT2D eigenvalue weighted by molar-refractivity contribution is 7.98. The summed E-state index contributed by atoms with van der Waals surface area (Å²) >= 11 is 3.21. The molecule has 1 fully saturated rings. The maximum absolute atomic E-state index is 12.1. The smallest absolute Gasteiger partial charge is 0.336 e. The first-order valence-electron chi connectivity index (χ1n) is 10.0. The minimum absolute atomic E-state index is 0.172. The summed E-state index contributed by atoms with van der Waals surface area (Å²) in [6, 6.07) is 11.1. The van der Waals surface area contributed by atoms with Crippen molar-refractivity contribution in [2.24, 2.45) is 0 Å².